The summed E-state index contributed by atoms with van der Waals surface area (Å²) in [7, 11) is 0. The highest BCUT2D eigenvalue weighted by Gasteiger charge is 2.30. The molecular formula is C13H16O2. The summed E-state index contributed by atoms with van der Waals surface area (Å²) in [5.74, 6) is -0.312. The molecule has 0 spiro atoms. The molecule has 2 heteroatoms. The first kappa shape index (κ1) is 10.2. The number of carbonyl (C=O) groups is 1. The van der Waals surface area contributed by atoms with Gasteiger partial charge >= 0.3 is 5.97 Å². The van der Waals surface area contributed by atoms with Crippen LogP contribution in [0, 0.1) is 12.8 Å². The molecule has 0 radical (unpaired) electrons. The van der Waals surface area contributed by atoms with Gasteiger partial charge in [-0.15, -0.1) is 0 Å². The van der Waals surface area contributed by atoms with Gasteiger partial charge in [0.1, 0.15) is 0 Å². The van der Waals surface area contributed by atoms with Crippen molar-refractivity contribution in [2.45, 2.75) is 32.1 Å². The Bertz CT molecular complexity index is 371. The van der Waals surface area contributed by atoms with Crippen LogP contribution in [-0.2, 0) is 4.79 Å². The summed E-state index contributed by atoms with van der Waals surface area (Å²) in [6, 6.07) is 8.30. The molecular weight excluding hydrogens is 188 g/mol. The highest BCUT2D eigenvalue weighted by Crippen LogP contribution is 2.39. The second-order valence-corrected chi connectivity index (χ2v) is 4.40. The van der Waals surface area contributed by atoms with E-state index in [1.807, 2.05) is 12.1 Å². The monoisotopic (exact) mass is 204 g/mol. The van der Waals surface area contributed by atoms with Crippen molar-refractivity contribution in [2.24, 2.45) is 5.92 Å². The van der Waals surface area contributed by atoms with Crippen molar-refractivity contribution in [2.75, 3.05) is 0 Å². The van der Waals surface area contributed by atoms with Gasteiger partial charge in [0.15, 0.2) is 0 Å². The van der Waals surface area contributed by atoms with Crippen molar-refractivity contribution in [3.8, 4) is 0 Å². The Balaban J connectivity index is 2.14. The Kier molecular flexibility index (Phi) is 2.76. The molecule has 1 saturated carbocycles. The molecule has 2 atom stereocenters. The third kappa shape index (κ3) is 2.04. The highest BCUT2D eigenvalue weighted by atomic mass is 16.4. The normalized spacial score (nSPS) is 25.4. The fraction of sp³-hybridized carbons (Fsp3) is 0.462. The summed E-state index contributed by atoms with van der Waals surface area (Å²) in [6.45, 7) is 2.10. The van der Waals surface area contributed by atoms with Gasteiger partial charge in [-0.1, -0.05) is 24.3 Å². The lowest BCUT2D eigenvalue weighted by atomic mass is 9.93. The third-order valence-electron chi connectivity index (χ3n) is 3.41. The number of hydrogen-bond donors (Lipinski definition) is 1. The molecule has 1 aromatic carbocycles. The molecule has 1 aliphatic carbocycles. The lowest BCUT2D eigenvalue weighted by Crippen LogP contribution is -2.09. The van der Waals surface area contributed by atoms with Crippen LogP contribution in [0.3, 0.4) is 0 Å². The van der Waals surface area contributed by atoms with Crippen LogP contribution in [0.4, 0.5) is 0 Å². The number of hydrogen-bond acceptors (Lipinski definition) is 1. The molecule has 0 aliphatic heterocycles. The second kappa shape index (κ2) is 4.05. The molecule has 2 unspecified atom stereocenters. The minimum Gasteiger partial charge on any atom is -0.481 e. The maximum absolute atomic E-state index is 10.9. The maximum Gasteiger partial charge on any atom is 0.306 e. The zero-order chi connectivity index (χ0) is 10.8. The molecule has 15 heavy (non-hydrogen) atoms. The van der Waals surface area contributed by atoms with Crippen molar-refractivity contribution in [3.63, 3.8) is 0 Å². The molecule has 80 valence electrons. The molecule has 0 bridgehead atoms. The average Bonchev–Trinajstić information content (AvgIpc) is 2.67. The predicted molar refractivity (Wildman–Crippen MR) is 58.9 cm³/mol. The van der Waals surface area contributed by atoms with Gasteiger partial charge in [-0.3, -0.25) is 4.79 Å². The van der Waals surface area contributed by atoms with Crippen molar-refractivity contribution in [1.29, 1.82) is 0 Å². The molecule has 0 aromatic heterocycles. The zero-order valence-corrected chi connectivity index (χ0v) is 8.94. The molecule has 1 N–H and O–H groups in total. The fourth-order valence-electron chi connectivity index (χ4n) is 2.53. The zero-order valence-electron chi connectivity index (χ0n) is 8.94. The molecule has 0 heterocycles. The fourth-order valence-corrected chi connectivity index (χ4v) is 2.53. The summed E-state index contributed by atoms with van der Waals surface area (Å²) >= 11 is 0. The Morgan fingerprint density at radius 3 is 2.67 bits per heavy atom. The molecule has 2 nitrogen and oxygen atoms in total. The Morgan fingerprint density at radius 1 is 1.33 bits per heavy atom. The van der Waals surface area contributed by atoms with E-state index in [1.54, 1.807) is 0 Å². The Hall–Kier alpha value is -1.31. The number of carboxylic acids is 1. The summed E-state index contributed by atoms with van der Waals surface area (Å²) in [5.41, 5.74) is 2.62. The molecule has 1 aromatic rings. The minimum atomic E-state index is -0.633. The van der Waals surface area contributed by atoms with Gasteiger partial charge in [-0.2, -0.15) is 0 Å². The van der Waals surface area contributed by atoms with E-state index in [0.717, 1.165) is 19.3 Å². The van der Waals surface area contributed by atoms with E-state index in [0.29, 0.717) is 5.92 Å². The second-order valence-electron chi connectivity index (χ2n) is 4.40. The lowest BCUT2D eigenvalue weighted by Gasteiger charge is -2.12. The van der Waals surface area contributed by atoms with E-state index in [-0.39, 0.29) is 5.92 Å². The van der Waals surface area contributed by atoms with Crippen LogP contribution in [0.2, 0.25) is 0 Å². The van der Waals surface area contributed by atoms with E-state index in [1.165, 1.54) is 11.1 Å². The smallest absolute Gasteiger partial charge is 0.306 e. The predicted octanol–water partition coefficient (Wildman–Crippen LogP) is 2.96. The molecule has 1 aliphatic rings. The topological polar surface area (TPSA) is 37.3 Å². The van der Waals surface area contributed by atoms with E-state index < -0.39 is 5.97 Å². The summed E-state index contributed by atoms with van der Waals surface area (Å²) in [6.07, 6.45) is 2.65. The average molecular weight is 204 g/mol. The third-order valence-corrected chi connectivity index (χ3v) is 3.41. The van der Waals surface area contributed by atoms with Gasteiger partial charge in [0.05, 0.1) is 5.92 Å². The van der Waals surface area contributed by atoms with Crippen LogP contribution >= 0.6 is 0 Å². The van der Waals surface area contributed by atoms with Gasteiger partial charge < -0.3 is 5.11 Å². The SMILES string of the molecule is Cc1ccccc1C1CCC(C(=O)O)C1. The number of benzene rings is 1. The van der Waals surface area contributed by atoms with E-state index in [2.05, 4.69) is 19.1 Å². The van der Waals surface area contributed by atoms with Gasteiger partial charge in [-0.05, 0) is 43.2 Å². The van der Waals surface area contributed by atoms with Gasteiger partial charge in [0.2, 0.25) is 0 Å². The van der Waals surface area contributed by atoms with Crippen LogP contribution in [0.15, 0.2) is 24.3 Å². The number of carboxylic acid groups (broad SMARTS) is 1. The molecule has 1 fully saturated rings. The van der Waals surface area contributed by atoms with E-state index in [9.17, 15) is 4.79 Å². The quantitative estimate of drug-likeness (QED) is 0.804. The van der Waals surface area contributed by atoms with Crippen LogP contribution in [0.25, 0.3) is 0 Å². The summed E-state index contributed by atoms with van der Waals surface area (Å²) < 4.78 is 0. The van der Waals surface area contributed by atoms with Crippen LogP contribution in [-0.4, -0.2) is 11.1 Å². The lowest BCUT2D eigenvalue weighted by molar-refractivity contribution is -0.141. The minimum absolute atomic E-state index is 0.130. The van der Waals surface area contributed by atoms with Crippen molar-refractivity contribution >= 4 is 5.97 Å². The van der Waals surface area contributed by atoms with Gasteiger partial charge in [-0.25, -0.2) is 0 Å². The van der Waals surface area contributed by atoms with Crippen LogP contribution in [0.5, 0.6) is 0 Å². The number of aryl methyl sites for hydroxylation is 1. The molecule has 0 amide bonds. The van der Waals surface area contributed by atoms with Crippen molar-refractivity contribution in [3.05, 3.63) is 35.4 Å². The maximum atomic E-state index is 10.9. The van der Waals surface area contributed by atoms with Crippen LogP contribution in [0.1, 0.15) is 36.3 Å². The number of aliphatic carboxylic acids is 1. The molecule has 2 rings (SSSR count). The Labute approximate surface area is 89.9 Å². The summed E-state index contributed by atoms with van der Waals surface area (Å²) in [5, 5.41) is 8.95. The van der Waals surface area contributed by atoms with Crippen molar-refractivity contribution in [1.82, 2.24) is 0 Å². The Morgan fingerprint density at radius 2 is 2.07 bits per heavy atom. The van der Waals surface area contributed by atoms with Crippen molar-refractivity contribution < 1.29 is 9.90 Å². The van der Waals surface area contributed by atoms with Crippen LogP contribution < -0.4 is 0 Å². The first-order chi connectivity index (χ1) is 7.18. The first-order valence-corrected chi connectivity index (χ1v) is 5.47. The van der Waals surface area contributed by atoms with E-state index in [4.69, 9.17) is 5.11 Å². The van der Waals surface area contributed by atoms with Gasteiger partial charge in [0, 0.05) is 0 Å². The largest absolute Gasteiger partial charge is 0.481 e. The highest BCUT2D eigenvalue weighted by molar-refractivity contribution is 5.70. The van der Waals surface area contributed by atoms with E-state index >= 15 is 0 Å². The summed E-state index contributed by atoms with van der Waals surface area (Å²) in [4.78, 5) is 10.9. The van der Waals surface area contributed by atoms with Gasteiger partial charge in [0.25, 0.3) is 0 Å². The first-order valence-electron chi connectivity index (χ1n) is 5.47. The number of rotatable bonds is 2. The standard InChI is InChI=1S/C13H16O2/c1-9-4-2-3-5-12(9)10-6-7-11(8-10)13(14)15/h2-5,10-11H,6-8H2,1H3,(H,14,15). The molecule has 0 saturated heterocycles.